The predicted molar refractivity (Wildman–Crippen MR) is 102 cm³/mol. The van der Waals surface area contributed by atoms with E-state index in [1.807, 2.05) is 37.3 Å². The molecule has 0 aliphatic carbocycles. The highest BCUT2D eigenvalue weighted by Gasteiger charge is 2.11. The molecule has 0 spiro atoms. The number of nitrogens with one attached hydrogen (secondary N) is 1. The van der Waals surface area contributed by atoms with Crippen LogP contribution in [0.2, 0.25) is 0 Å². The Morgan fingerprint density at radius 2 is 2.15 bits per heavy atom. The van der Waals surface area contributed by atoms with Crippen LogP contribution in [0.25, 0.3) is 0 Å². The predicted octanol–water partition coefficient (Wildman–Crippen LogP) is 3.09. The molecule has 0 bridgehead atoms. The number of aromatic nitrogens is 1. The number of allylic oxidation sites excluding steroid dienone is 1. The average molecular weight is 355 g/mol. The summed E-state index contributed by atoms with van der Waals surface area (Å²) < 4.78 is 10.7. The van der Waals surface area contributed by atoms with Crippen LogP contribution in [0.15, 0.2) is 48.6 Å². The SMILES string of the molecule is C/C=C/CCOc1cccc(CNC(=O)c2ccc(COC)nc2N)c1. The monoisotopic (exact) mass is 355 g/mol. The van der Waals surface area contributed by atoms with Crippen molar-refractivity contribution in [3.63, 3.8) is 0 Å². The van der Waals surface area contributed by atoms with Gasteiger partial charge in [-0.15, -0.1) is 0 Å². The highest BCUT2D eigenvalue weighted by Crippen LogP contribution is 2.15. The van der Waals surface area contributed by atoms with Gasteiger partial charge in [0, 0.05) is 13.7 Å². The van der Waals surface area contributed by atoms with E-state index >= 15 is 0 Å². The topological polar surface area (TPSA) is 86.5 Å². The lowest BCUT2D eigenvalue weighted by molar-refractivity contribution is 0.0951. The Hall–Kier alpha value is -2.86. The van der Waals surface area contributed by atoms with Gasteiger partial charge in [-0.3, -0.25) is 4.79 Å². The second kappa shape index (κ2) is 10.2. The van der Waals surface area contributed by atoms with E-state index in [0.29, 0.717) is 31.0 Å². The van der Waals surface area contributed by atoms with E-state index in [2.05, 4.69) is 16.4 Å². The van der Waals surface area contributed by atoms with Gasteiger partial charge in [-0.05, 0) is 43.2 Å². The fraction of sp³-hybridized carbons (Fsp3) is 0.300. The van der Waals surface area contributed by atoms with Crippen LogP contribution >= 0.6 is 0 Å². The van der Waals surface area contributed by atoms with Crippen molar-refractivity contribution in [2.75, 3.05) is 19.5 Å². The summed E-state index contributed by atoms with van der Waals surface area (Å²) >= 11 is 0. The molecule has 1 amide bonds. The molecular formula is C20H25N3O3. The summed E-state index contributed by atoms with van der Waals surface area (Å²) in [5, 5.41) is 2.85. The summed E-state index contributed by atoms with van der Waals surface area (Å²) in [5.74, 6) is 0.711. The Bertz CT molecular complexity index is 760. The number of carbonyl (C=O) groups is 1. The molecule has 1 aromatic carbocycles. The maximum absolute atomic E-state index is 12.3. The first kappa shape index (κ1) is 19.5. The molecule has 1 aromatic heterocycles. The minimum Gasteiger partial charge on any atom is -0.493 e. The highest BCUT2D eigenvalue weighted by molar-refractivity contribution is 5.98. The third-order valence-corrected chi connectivity index (χ3v) is 3.66. The molecule has 0 atom stereocenters. The molecular weight excluding hydrogens is 330 g/mol. The zero-order valence-electron chi connectivity index (χ0n) is 15.2. The van der Waals surface area contributed by atoms with Crippen LogP contribution in [0, 0.1) is 0 Å². The first-order valence-electron chi connectivity index (χ1n) is 8.49. The number of hydrogen-bond acceptors (Lipinski definition) is 5. The van der Waals surface area contributed by atoms with Gasteiger partial charge in [0.2, 0.25) is 0 Å². The van der Waals surface area contributed by atoms with Crippen molar-refractivity contribution in [1.82, 2.24) is 10.3 Å². The van der Waals surface area contributed by atoms with E-state index < -0.39 is 0 Å². The van der Waals surface area contributed by atoms with Gasteiger partial charge >= 0.3 is 0 Å². The number of nitrogen functional groups attached to an aromatic ring is 1. The Kier molecular flexibility index (Phi) is 7.64. The Balaban J connectivity index is 1.92. The molecule has 0 aliphatic heterocycles. The smallest absolute Gasteiger partial charge is 0.255 e. The van der Waals surface area contributed by atoms with E-state index in [1.165, 1.54) is 0 Å². The molecule has 6 heteroatoms. The van der Waals surface area contributed by atoms with Crippen LogP contribution in [0.3, 0.4) is 0 Å². The van der Waals surface area contributed by atoms with Crippen LogP contribution in [0.4, 0.5) is 5.82 Å². The average Bonchev–Trinajstić information content (AvgIpc) is 2.64. The molecule has 0 radical (unpaired) electrons. The fourth-order valence-electron chi connectivity index (χ4n) is 2.37. The fourth-order valence-corrected chi connectivity index (χ4v) is 2.37. The number of amides is 1. The van der Waals surface area contributed by atoms with E-state index in [9.17, 15) is 4.79 Å². The molecule has 0 saturated heterocycles. The molecule has 26 heavy (non-hydrogen) atoms. The number of nitrogens with zero attached hydrogens (tertiary/aromatic N) is 1. The van der Waals surface area contributed by atoms with Crippen LogP contribution in [0.5, 0.6) is 5.75 Å². The number of carbonyl (C=O) groups excluding carboxylic acids is 1. The maximum atomic E-state index is 12.3. The Morgan fingerprint density at radius 1 is 1.31 bits per heavy atom. The van der Waals surface area contributed by atoms with E-state index in [-0.39, 0.29) is 11.7 Å². The molecule has 2 aromatic rings. The zero-order chi connectivity index (χ0) is 18.8. The minimum atomic E-state index is -0.265. The van der Waals surface area contributed by atoms with Crippen LogP contribution in [-0.4, -0.2) is 24.6 Å². The number of rotatable bonds is 9. The van der Waals surface area contributed by atoms with Crippen LogP contribution in [0.1, 0.15) is 35.0 Å². The molecule has 138 valence electrons. The molecule has 0 aliphatic rings. The van der Waals surface area contributed by atoms with E-state index in [0.717, 1.165) is 17.7 Å². The number of pyridine rings is 1. The number of benzene rings is 1. The summed E-state index contributed by atoms with van der Waals surface area (Å²) in [6.07, 6.45) is 4.92. The zero-order valence-corrected chi connectivity index (χ0v) is 15.2. The lowest BCUT2D eigenvalue weighted by atomic mass is 10.2. The molecule has 6 nitrogen and oxygen atoms in total. The normalized spacial score (nSPS) is 10.8. The molecule has 1 heterocycles. The first-order chi connectivity index (χ1) is 12.6. The van der Waals surface area contributed by atoms with Crippen molar-refractivity contribution >= 4 is 11.7 Å². The number of nitrogens with two attached hydrogens (primary N) is 1. The van der Waals surface area contributed by atoms with Gasteiger partial charge < -0.3 is 20.5 Å². The van der Waals surface area contributed by atoms with Crippen molar-refractivity contribution in [1.29, 1.82) is 0 Å². The van der Waals surface area contributed by atoms with Gasteiger partial charge in [0.15, 0.2) is 0 Å². The van der Waals surface area contributed by atoms with Gasteiger partial charge in [-0.25, -0.2) is 4.98 Å². The first-order valence-corrected chi connectivity index (χ1v) is 8.49. The summed E-state index contributed by atoms with van der Waals surface area (Å²) in [4.78, 5) is 16.5. The van der Waals surface area contributed by atoms with Crippen molar-refractivity contribution in [3.8, 4) is 5.75 Å². The lowest BCUT2D eigenvalue weighted by Crippen LogP contribution is -2.24. The summed E-state index contributed by atoms with van der Waals surface area (Å²) in [6, 6.07) is 11.0. The van der Waals surface area contributed by atoms with Gasteiger partial charge in [0.05, 0.1) is 24.5 Å². The number of ether oxygens (including phenoxy) is 2. The summed E-state index contributed by atoms with van der Waals surface area (Å²) in [7, 11) is 1.58. The van der Waals surface area contributed by atoms with Gasteiger partial charge in [-0.1, -0.05) is 24.3 Å². The molecule has 0 fully saturated rings. The molecule has 0 unspecified atom stereocenters. The second-order valence-electron chi connectivity index (χ2n) is 5.70. The van der Waals surface area contributed by atoms with Crippen molar-refractivity contribution in [2.24, 2.45) is 0 Å². The maximum Gasteiger partial charge on any atom is 0.255 e. The Morgan fingerprint density at radius 3 is 2.88 bits per heavy atom. The number of anilines is 1. The summed E-state index contributed by atoms with van der Waals surface area (Å²) in [6.45, 7) is 3.34. The third kappa shape index (κ3) is 5.89. The Labute approximate surface area is 154 Å². The number of hydrogen-bond donors (Lipinski definition) is 2. The van der Waals surface area contributed by atoms with E-state index in [4.69, 9.17) is 15.2 Å². The largest absolute Gasteiger partial charge is 0.493 e. The van der Waals surface area contributed by atoms with Crippen molar-refractivity contribution < 1.29 is 14.3 Å². The van der Waals surface area contributed by atoms with Crippen LogP contribution in [-0.2, 0) is 17.9 Å². The molecule has 2 rings (SSSR count). The molecule has 3 N–H and O–H groups in total. The summed E-state index contributed by atoms with van der Waals surface area (Å²) in [5.41, 5.74) is 7.86. The van der Waals surface area contributed by atoms with Gasteiger partial charge in [0.25, 0.3) is 5.91 Å². The van der Waals surface area contributed by atoms with Crippen LogP contribution < -0.4 is 15.8 Å². The molecule has 0 saturated carbocycles. The third-order valence-electron chi connectivity index (χ3n) is 3.66. The standard InChI is InChI=1S/C20H25N3O3/c1-3-4-5-11-26-17-8-6-7-15(12-17)13-22-20(24)18-10-9-16(14-25-2)23-19(18)21/h3-4,6-10,12H,5,11,13-14H2,1-2H3,(H2,21,23)(H,22,24)/b4-3+. The second-order valence-corrected chi connectivity index (χ2v) is 5.70. The van der Waals surface area contributed by atoms with Crippen molar-refractivity contribution in [3.05, 3.63) is 65.4 Å². The van der Waals surface area contributed by atoms with Gasteiger partial charge in [-0.2, -0.15) is 0 Å². The lowest BCUT2D eigenvalue weighted by Gasteiger charge is -2.10. The number of methoxy groups -OCH3 is 1. The van der Waals surface area contributed by atoms with Gasteiger partial charge in [0.1, 0.15) is 11.6 Å². The minimum absolute atomic E-state index is 0.193. The van der Waals surface area contributed by atoms with Crippen molar-refractivity contribution in [2.45, 2.75) is 26.5 Å². The highest BCUT2D eigenvalue weighted by atomic mass is 16.5. The quantitative estimate of drug-likeness (QED) is 0.533. The van der Waals surface area contributed by atoms with E-state index in [1.54, 1.807) is 19.2 Å².